The molecule has 0 spiro atoms. The summed E-state index contributed by atoms with van der Waals surface area (Å²) >= 11 is 1.14. The van der Waals surface area contributed by atoms with Gasteiger partial charge in [0.15, 0.2) is 0 Å². The molecule has 7 heteroatoms. The minimum atomic E-state index is -0.434. The highest BCUT2D eigenvalue weighted by Crippen LogP contribution is 2.30. The second-order valence-electron chi connectivity index (χ2n) is 4.79. The van der Waals surface area contributed by atoms with Gasteiger partial charge in [-0.1, -0.05) is 6.07 Å². The molecule has 0 unspecified atom stereocenters. The van der Waals surface area contributed by atoms with Gasteiger partial charge in [0.1, 0.15) is 5.75 Å². The molecule has 0 aliphatic carbocycles. The summed E-state index contributed by atoms with van der Waals surface area (Å²) in [7, 11) is 1.57. The van der Waals surface area contributed by atoms with Crippen LogP contribution in [0.15, 0.2) is 47.4 Å². The Balaban J connectivity index is 1.97. The first-order valence-corrected chi connectivity index (χ1v) is 7.80. The van der Waals surface area contributed by atoms with E-state index in [0.717, 1.165) is 17.3 Å². The van der Waals surface area contributed by atoms with Crippen LogP contribution in [0.5, 0.6) is 5.75 Å². The molecule has 2 aromatic rings. The summed E-state index contributed by atoms with van der Waals surface area (Å²) in [6.45, 7) is 1.79. The molecule has 0 atom stereocenters. The lowest BCUT2D eigenvalue weighted by molar-refractivity contribution is -0.387. The third kappa shape index (κ3) is 4.72. The molecular weight excluding hydrogens is 316 g/mol. The molecule has 120 valence electrons. The van der Waals surface area contributed by atoms with Gasteiger partial charge >= 0.3 is 0 Å². The van der Waals surface area contributed by atoms with Crippen LogP contribution in [-0.4, -0.2) is 23.7 Å². The molecule has 0 aliphatic heterocycles. The fourth-order valence-corrected chi connectivity index (χ4v) is 2.71. The Morgan fingerprint density at radius 2 is 1.96 bits per heavy atom. The molecule has 0 radical (unpaired) electrons. The number of nitrogens with one attached hydrogen (secondary N) is 1. The SMILES string of the molecule is COc1ccc(NC(=O)CSc2ccc(C)cc2[N+](=O)[O-])cc1. The summed E-state index contributed by atoms with van der Waals surface area (Å²) in [5, 5.41) is 13.8. The van der Waals surface area contributed by atoms with E-state index in [-0.39, 0.29) is 17.3 Å². The molecule has 0 aromatic heterocycles. The fraction of sp³-hybridized carbons (Fsp3) is 0.188. The zero-order valence-corrected chi connectivity index (χ0v) is 13.6. The summed E-state index contributed by atoms with van der Waals surface area (Å²) in [5.41, 5.74) is 1.48. The summed E-state index contributed by atoms with van der Waals surface area (Å²) in [5.74, 6) is 0.568. The van der Waals surface area contributed by atoms with Crippen molar-refractivity contribution in [3.05, 3.63) is 58.1 Å². The number of hydrogen-bond donors (Lipinski definition) is 1. The molecule has 0 heterocycles. The Labute approximate surface area is 138 Å². The second-order valence-corrected chi connectivity index (χ2v) is 5.81. The molecule has 1 amide bonds. The summed E-state index contributed by atoms with van der Waals surface area (Å²) in [4.78, 5) is 23.0. The van der Waals surface area contributed by atoms with Crippen LogP contribution in [0.3, 0.4) is 0 Å². The van der Waals surface area contributed by atoms with Gasteiger partial charge in [0.05, 0.1) is 22.7 Å². The van der Waals surface area contributed by atoms with Gasteiger partial charge in [0.2, 0.25) is 5.91 Å². The smallest absolute Gasteiger partial charge is 0.283 e. The average molecular weight is 332 g/mol. The Kier molecular flexibility index (Phi) is 5.59. The Morgan fingerprint density at radius 3 is 2.57 bits per heavy atom. The number of nitro groups is 1. The minimum absolute atomic E-state index is 0.0206. The van der Waals surface area contributed by atoms with Crippen LogP contribution in [0.4, 0.5) is 11.4 Å². The van der Waals surface area contributed by atoms with Crippen molar-refractivity contribution >= 4 is 29.0 Å². The first-order valence-electron chi connectivity index (χ1n) is 6.81. The predicted octanol–water partition coefficient (Wildman–Crippen LogP) is 3.64. The van der Waals surface area contributed by atoms with Gasteiger partial charge in [-0.3, -0.25) is 14.9 Å². The van der Waals surface area contributed by atoms with Crippen molar-refractivity contribution in [3.63, 3.8) is 0 Å². The molecule has 0 aliphatic rings. The van der Waals surface area contributed by atoms with Crippen molar-refractivity contribution in [1.82, 2.24) is 0 Å². The number of hydrogen-bond acceptors (Lipinski definition) is 5. The lowest BCUT2D eigenvalue weighted by Crippen LogP contribution is -2.14. The van der Waals surface area contributed by atoms with Crippen LogP contribution < -0.4 is 10.1 Å². The van der Waals surface area contributed by atoms with Crippen molar-refractivity contribution in [2.45, 2.75) is 11.8 Å². The number of ether oxygens (including phenoxy) is 1. The third-order valence-corrected chi connectivity index (χ3v) is 4.11. The molecule has 6 nitrogen and oxygen atoms in total. The number of nitro benzene ring substituents is 1. The van der Waals surface area contributed by atoms with E-state index in [1.807, 2.05) is 0 Å². The molecule has 0 saturated heterocycles. The van der Waals surface area contributed by atoms with E-state index >= 15 is 0 Å². The van der Waals surface area contributed by atoms with Gasteiger partial charge in [-0.2, -0.15) is 0 Å². The largest absolute Gasteiger partial charge is 0.497 e. The van der Waals surface area contributed by atoms with Gasteiger partial charge in [0, 0.05) is 11.8 Å². The van der Waals surface area contributed by atoms with E-state index in [1.54, 1.807) is 50.4 Å². The summed E-state index contributed by atoms with van der Waals surface area (Å²) in [6.07, 6.45) is 0. The molecule has 1 N–H and O–H groups in total. The van der Waals surface area contributed by atoms with Crippen molar-refractivity contribution < 1.29 is 14.5 Å². The van der Waals surface area contributed by atoms with Gasteiger partial charge in [-0.15, -0.1) is 11.8 Å². The molecule has 23 heavy (non-hydrogen) atoms. The van der Waals surface area contributed by atoms with E-state index in [9.17, 15) is 14.9 Å². The fourth-order valence-electron chi connectivity index (χ4n) is 1.91. The highest BCUT2D eigenvalue weighted by Gasteiger charge is 2.15. The second kappa shape index (κ2) is 7.64. The monoisotopic (exact) mass is 332 g/mol. The number of anilines is 1. The van der Waals surface area contributed by atoms with Crippen LogP contribution in [0.25, 0.3) is 0 Å². The van der Waals surface area contributed by atoms with Crippen molar-refractivity contribution in [2.24, 2.45) is 0 Å². The molecule has 0 fully saturated rings. The van der Waals surface area contributed by atoms with E-state index in [0.29, 0.717) is 16.3 Å². The summed E-state index contributed by atoms with van der Waals surface area (Å²) < 4.78 is 5.04. The average Bonchev–Trinajstić information content (AvgIpc) is 2.54. The van der Waals surface area contributed by atoms with Crippen LogP contribution >= 0.6 is 11.8 Å². The lowest BCUT2D eigenvalue weighted by Gasteiger charge is -2.07. The normalized spacial score (nSPS) is 10.2. The molecule has 2 aromatic carbocycles. The lowest BCUT2D eigenvalue weighted by atomic mass is 10.2. The van der Waals surface area contributed by atoms with Crippen molar-refractivity contribution in [3.8, 4) is 5.75 Å². The van der Waals surface area contributed by atoms with Crippen molar-refractivity contribution in [2.75, 3.05) is 18.2 Å². The zero-order valence-electron chi connectivity index (χ0n) is 12.7. The van der Waals surface area contributed by atoms with E-state index in [1.165, 1.54) is 6.07 Å². The number of benzene rings is 2. The number of rotatable bonds is 6. The van der Waals surface area contributed by atoms with Crippen LogP contribution in [0.2, 0.25) is 0 Å². The van der Waals surface area contributed by atoms with Gasteiger partial charge in [-0.25, -0.2) is 0 Å². The van der Waals surface area contributed by atoms with Gasteiger partial charge in [-0.05, 0) is 42.8 Å². The topological polar surface area (TPSA) is 81.5 Å². The van der Waals surface area contributed by atoms with Gasteiger partial charge in [0.25, 0.3) is 5.69 Å². The molecular formula is C16H16N2O4S. The number of thioether (sulfide) groups is 1. The van der Waals surface area contributed by atoms with Crippen LogP contribution in [-0.2, 0) is 4.79 Å². The highest BCUT2D eigenvalue weighted by atomic mass is 32.2. The summed E-state index contributed by atoms with van der Waals surface area (Å²) in [6, 6.07) is 11.9. The zero-order chi connectivity index (χ0) is 16.8. The molecule has 0 saturated carbocycles. The number of carbonyl (C=O) groups is 1. The number of carbonyl (C=O) groups excluding carboxylic acids is 1. The standard InChI is InChI=1S/C16H16N2O4S/c1-11-3-8-15(14(9-11)18(20)21)23-10-16(19)17-12-4-6-13(22-2)7-5-12/h3-9H,10H2,1-2H3,(H,17,19). The number of methoxy groups -OCH3 is 1. The van der Waals surface area contributed by atoms with Crippen molar-refractivity contribution in [1.29, 1.82) is 0 Å². The van der Waals surface area contributed by atoms with E-state index in [4.69, 9.17) is 4.74 Å². The van der Waals surface area contributed by atoms with Crippen LogP contribution in [0, 0.1) is 17.0 Å². The van der Waals surface area contributed by atoms with Gasteiger partial charge < -0.3 is 10.1 Å². The number of aryl methyl sites for hydroxylation is 1. The maximum atomic E-state index is 12.0. The maximum Gasteiger partial charge on any atom is 0.283 e. The molecule has 0 bridgehead atoms. The Hall–Kier alpha value is -2.54. The minimum Gasteiger partial charge on any atom is -0.497 e. The third-order valence-electron chi connectivity index (χ3n) is 3.04. The number of amides is 1. The highest BCUT2D eigenvalue weighted by molar-refractivity contribution is 8.00. The quantitative estimate of drug-likeness (QED) is 0.496. The van der Waals surface area contributed by atoms with E-state index in [2.05, 4.69) is 5.32 Å². The Bertz CT molecular complexity index is 717. The Morgan fingerprint density at radius 1 is 1.26 bits per heavy atom. The predicted molar refractivity (Wildman–Crippen MR) is 90.2 cm³/mol. The maximum absolute atomic E-state index is 12.0. The number of nitrogens with zero attached hydrogens (tertiary/aromatic N) is 1. The van der Waals surface area contributed by atoms with E-state index < -0.39 is 4.92 Å². The first-order chi connectivity index (χ1) is 11.0. The first kappa shape index (κ1) is 16.8. The molecule has 2 rings (SSSR count). The van der Waals surface area contributed by atoms with Crippen LogP contribution in [0.1, 0.15) is 5.56 Å².